The van der Waals surface area contributed by atoms with Crippen LogP contribution in [0.2, 0.25) is 0 Å². The normalized spacial score (nSPS) is 11.8. The van der Waals surface area contributed by atoms with E-state index in [-0.39, 0.29) is 17.5 Å². The average molecular weight is 328 g/mol. The maximum Gasteiger partial charge on any atom is 0.271 e. The van der Waals surface area contributed by atoms with Gasteiger partial charge in [-0.3, -0.25) is 9.59 Å². The van der Waals surface area contributed by atoms with Gasteiger partial charge < -0.3 is 10.2 Å². The minimum absolute atomic E-state index is 0.0922. The van der Waals surface area contributed by atoms with Gasteiger partial charge in [-0.1, -0.05) is 0 Å². The van der Waals surface area contributed by atoms with Gasteiger partial charge in [0.15, 0.2) is 0 Å². The Bertz CT molecular complexity index is 461. The molecule has 0 radical (unpaired) electrons. The Hall–Kier alpha value is -1.43. The van der Waals surface area contributed by atoms with Crippen LogP contribution in [0.15, 0.2) is 22.8 Å². The molecule has 0 aliphatic rings. The summed E-state index contributed by atoms with van der Waals surface area (Å²) in [6.45, 7) is 6.75. The number of pyridine rings is 1. The van der Waals surface area contributed by atoms with E-state index in [4.69, 9.17) is 0 Å². The largest absolute Gasteiger partial charge is 0.341 e. The number of aromatic nitrogens is 1. The first kappa shape index (κ1) is 15.6. The third kappa shape index (κ3) is 4.02. The Morgan fingerprint density at radius 3 is 2.58 bits per heavy atom. The van der Waals surface area contributed by atoms with Crippen LogP contribution in [0.4, 0.5) is 0 Å². The number of amides is 2. The van der Waals surface area contributed by atoms with E-state index in [9.17, 15) is 9.59 Å². The van der Waals surface area contributed by atoms with Gasteiger partial charge in [0.25, 0.3) is 5.91 Å². The lowest BCUT2D eigenvalue weighted by atomic mass is 10.2. The zero-order valence-corrected chi connectivity index (χ0v) is 12.9. The molecular formula is C13H18BrN3O2. The summed E-state index contributed by atoms with van der Waals surface area (Å²) in [5.41, 5.74) is 0.279. The van der Waals surface area contributed by atoms with Crippen molar-refractivity contribution in [2.24, 2.45) is 0 Å². The summed E-state index contributed by atoms with van der Waals surface area (Å²) in [5.74, 6) is -0.453. The quantitative estimate of drug-likeness (QED) is 0.897. The van der Waals surface area contributed by atoms with E-state index in [0.29, 0.717) is 17.6 Å². The van der Waals surface area contributed by atoms with Crippen LogP contribution in [0.1, 0.15) is 31.3 Å². The topological polar surface area (TPSA) is 62.3 Å². The monoisotopic (exact) mass is 327 g/mol. The number of carbonyl (C=O) groups excluding carboxylic acids is 2. The van der Waals surface area contributed by atoms with E-state index in [2.05, 4.69) is 26.2 Å². The average Bonchev–Trinajstić information content (AvgIpc) is 2.40. The number of hydrogen-bond donors (Lipinski definition) is 1. The highest BCUT2D eigenvalue weighted by Crippen LogP contribution is 2.13. The van der Waals surface area contributed by atoms with Crippen LogP contribution in [0.5, 0.6) is 0 Å². The summed E-state index contributed by atoms with van der Waals surface area (Å²) < 4.78 is 0.606. The fraction of sp³-hybridized carbons (Fsp3) is 0.462. The molecule has 2 amide bonds. The molecule has 6 heteroatoms. The lowest BCUT2D eigenvalue weighted by molar-refractivity contribution is -0.132. The van der Waals surface area contributed by atoms with Crippen molar-refractivity contribution in [3.8, 4) is 0 Å². The molecule has 0 aliphatic heterocycles. The lowest BCUT2D eigenvalue weighted by Crippen LogP contribution is -2.47. The molecule has 0 aliphatic carbocycles. The van der Waals surface area contributed by atoms with Crippen molar-refractivity contribution < 1.29 is 9.59 Å². The van der Waals surface area contributed by atoms with Gasteiger partial charge in [-0.2, -0.15) is 0 Å². The Morgan fingerprint density at radius 2 is 2.05 bits per heavy atom. The Kier molecular flexibility index (Phi) is 5.95. The first-order valence-corrected chi connectivity index (χ1v) is 7.00. The molecule has 1 unspecified atom stereocenters. The number of rotatable bonds is 5. The fourth-order valence-electron chi connectivity index (χ4n) is 1.69. The molecule has 19 heavy (non-hydrogen) atoms. The van der Waals surface area contributed by atoms with Crippen LogP contribution in [0, 0.1) is 0 Å². The predicted octanol–water partition coefficient (Wildman–Crippen LogP) is 1.83. The first-order valence-electron chi connectivity index (χ1n) is 6.21. The van der Waals surface area contributed by atoms with Crippen molar-refractivity contribution in [1.82, 2.24) is 15.2 Å². The molecule has 0 saturated heterocycles. The maximum atomic E-state index is 12.0. The van der Waals surface area contributed by atoms with Gasteiger partial charge >= 0.3 is 0 Å². The molecule has 104 valence electrons. The Balaban J connectivity index is 2.72. The Labute approximate surface area is 121 Å². The molecule has 1 aromatic heterocycles. The number of hydrogen-bond acceptors (Lipinski definition) is 3. The van der Waals surface area contributed by atoms with E-state index in [0.717, 1.165) is 0 Å². The molecule has 1 rings (SSSR count). The molecule has 0 bridgehead atoms. The molecule has 0 saturated carbocycles. The third-order valence-electron chi connectivity index (χ3n) is 2.77. The van der Waals surface area contributed by atoms with E-state index in [1.54, 1.807) is 24.0 Å². The molecular weight excluding hydrogens is 310 g/mol. The van der Waals surface area contributed by atoms with Crippen LogP contribution in [0.3, 0.4) is 0 Å². The zero-order chi connectivity index (χ0) is 14.4. The summed E-state index contributed by atoms with van der Waals surface area (Å²) in [5, 5.41) is 2.66. The van der Waals surface area contributed by atoms with Crippen LogP contribution in [0.25, 0.3) is 0 Å². The second-order valence-corrected chi connectivity index (χ2v) is 4.89. The van der Waals surface area contributed by atoms with Gasteiger partial charge in [0.2, 0.25) is 5.91 Å². The maximum absolute atomic E-state index is 12.0. The van der Waals surface area contributed by atoms with E-state index >= 15 is 0 Å². The minimum atomic E-state index is -0.568. The summed E-state index contributed by atoms with van der Waals surface area (Å²) in [4.78, 5) is 29.7. The summed E-state index contributed by atoms with van der Waals surface area (Å²) in [6.07, 6.45) is 1.54. The number of nitrogens with zero attached hydrogens (tertiary/aromatic N) is 2. The molecule has 1 N–H and O–H groups in total. The fourth-order valence-corrected chi connectivity index (χ4v) is 2.12. The zero-order valence-electron chi connectivity index (χ0n) is 11.3. The molecule has 0 aromatic carbocycles. The predicted molar refractivity (Wildman–Crippen MR) is 76.8 cm³/mol. The van der Waals surface area contributed by atoms with Gasteiger partial charge in [0.1, 0.15) is 11.7 Å². The van der Waals surface area contributed by atoms with E-state index in [1.807, 2.05) is 13.8 Å². The van der Waals surface area contributed by atoms with Crippen LogP contribution in [-0.2, 0) is 4.79 Å². The van der Waals surface area contributed by atoms with Crippen molar-refractivity contribution in [3.63, 3.8) is 0 Å². The summed E-state index contributed by atoms with van der Waals surface area (Å²) in [7, 11) is 0. The highest BCUT2D eigenvalue weighted by atomic mass is 79.9. The van der Waals surface area contributed by atoms with E-state index in [1.165, 1.54) is 6.20 Å². The number of carbonyl (C=O) groups is 2. The molecule has 0 fully saturated rings. The molecule has 0 spiro atoms. The van der Waals surface area contributed by atoms with Crippen molar-refractivity contribution in [2.75, 3.05) is 13.1 Å². The SMILES string of the molecule is CCN(CC)C(=O)C(C)NC(=O)c1ncccc1Br. The summed E-state index contributed by atoms with van der Waals surface area (Å²) >= 11 is 3.26. The van der Waals surface area contributed by atoms with Crippen molar-refractivity contribution in [3.05, 3.63) is 28.5 Å². The molecule has 1 heterocycles. The standard InChI is InChI=1S/C13H18BrN3O2/c1-4-17(5-2)13(19)9(3)16-12(18)11-10(14)7-6-8-15-11/h6-9H,4-5H2,1-3H3,(H,16,18). The number of halogens is 1. The first-order chi connectivity index (χ1) is 9.01. The third-order valence-corrected chi connectivity index (χ3v) is 3.41. The van der Waals surface area contributed by atoms with Crippen molar-refractivity contribution in [1.29, 1.82) is 0 Å². The highest BCUT2D eigenvalue weighted by molar-refractivity contribution is 9.10. The number of nitrogens with one attached hydrogen (secondary N) is 1. The molecule has 5 nitrogen and oxygen atoms in total. The van der Waals surface area contributed by atoms with Crippen LogP contribution >= 0.6 is 15.9 Å². The molecule has 1 atom stereocenters. The molecule has 1 aromatic rings. The van der Waals surface area contributed by atoms with E-state index < -0.39 is 6.04 Å². The van der Waals surface area contributed by atoms with Gasteiger partial charge in [0.05, 0.1) is 0 Å². The van der Waals surface area contributed by atoms with Crippen LogP contribution in [-0.4, -0.2) is 40.8 Å². The second-order valence-electron chi connectivity index (χ2n) is 4.04. The minimum Gasteiger partial charge on any atom is -0.341 e. The van der Waals surface area contributed by atoms with Gasteiger partial charge in [-0.15, -0.1) is 0 Å². The highest BCUT2D eigenvalue weighted by Gasteiger charge is 2.21. The second kappa shape index (κ2) is 7.23. The van der Waals surface area contributed by atoms with Crippen molar-refractivity contribution >= 4 is 27.7 Å². The Morgan fingerprint density at radius 1 is 1.42 bits per heavy atom. The number of likely N-dealkylation sites (N-methyl/N-ethyl adjacent to an activating group) is 1. The summed E-state index contributed by atoms with van der Waals surface area (Å²) in [6, 6.07) is 2.89. The lowest BCUT2D eigenvalue weighted by Gasteiger charge is -2.23. The van der Waals surface area contributed by atoms with Gasteiger partial charge in [0, 0.05) is 23.8 Å². The van der Waals surface area contributed by atoms with Crippen LogP contribution < -0.4 is 5.32 Å². The van der Waals surface area contributed by atoms with Crippen molar-refractivity contribution in [2.45, 2.75) is 26.8 Å². The smallest absolute Gasteiger partial charge is 0.271 e. The van der Waals surface area contributed by atoms with Gasteiger partial charge in [-0.05, 0) is 48.8 Å². The van der Waals surface area contributed by atoms with Gasteiger partial charge in [-0.25, -0.2) is 4.98 Å².